The Morgan fingerprint density at radius 1 is 0.618 bits per heavy atom. The smallest absolute Gasteiger partial charge is 0.287 e. The van der Waals surface area contributed by atoms with Crippen LogP contribution in [0, 0.1) is 0 Å². The van der Waals surface area contributed by atoms with Crippen molar-refractivity contribution in [2.45, 2.75) is 20.4 Å². The Labute approximate surface area is 318 Å². The van der Waals surface area contributed by atoms with E-state index in [1.807, 2.05) is 48.5 Å². The molecule has 6 aromatic carbocycles. The summed E-state index contributed by atoms with van der Waals surface area (Å²) in [5.41, 5.74) is 11.7. The first-order valence-electron chi connectivity index (χ1n) is 18.7. The lowest BCUT2D eigenvalue weighted by atomic mass is 10.1. The summed E-state index contributed by atoms with van der Waals surface area (Å²) in [5, 5.41) is 0. The number of fused-ring (bicyclic) bond motifs is 4. The molecule has 0 fully saturated rings. The summed E-state index contributed by atoms with van der Waals surface area (Å²) in [6.45, 7) is 5.92. The molecule has 1 aliphatic rings. The van der Waals surface area contributed by atoms with E-state index in [9.17, 15) is 0 Å². The molecule has 10 rings (SSSR count). The highest BCUT2D eigenvalue weighted by Crippen LogP contribution is 2.47. The molecule has 0 bridgehead atoms. The third-order valence-electron chi connectivity index (χ3n) is 10.3. The summed E-state index contributed by atoms with van der Waals surface area (Å²) in [6, 6.07) is 49.8. The van der Waals surface area contributed by atoms with Crippen LogP contribution in [-0.4, -0.2) is 21.1 Å². The van der Waals surface area contributed by atoms with E-state index in [2.05, 4.69) is 148 Å². The molecular weight excluding hydrogens is 681 g/mol. The molecule has 0 N–H and O–H groups in total. The molecule has 266 valence electrons. The molecule has 9 aromatic rings. The van der Waals surface area contributed by atoms with Crippen LogP contribution in [0.2, 0.25) is 0 Å². The molecule has 8 nitrogen and oxygen atoms in total. The van der Waals surface area contributed by atoms with Crippen LogP contribution in [-0.2, 0) is 6.54 Å². The largest absolute Gasteiger partial charge is 0.436 e. The number of hydrogen-bond donors (Lipinski definition) is 0. The van der Waals surface area contributed by atoms with Crippen molar-refractivity contribution < 1.29 is 13.4 Å². The summed E-state index contributed by atoms with van der Waals surface area (Å²) in [7, 11) is 0. The first kappa shape index (κ1) is 32.5. The van der Waals surface area contributed by atoms with Crippen LogP contribution in [0.3, 0.4) is 0 Å². The zero-order chi connectivity index (χ0) is 36.9. The summed E-state index contributed by atoms with van der Waals surface area (Å²) in [4.78, 5) is 14.3. The molecule has 4 heterocycles. The molecule has 0 saturated heterocycles. The van der Waals surface area contributed by atoms with E-state index in [-0.39, 0.29) is 0 Å². The Balaban J connectivity index is 1.10. The lowest BCUT2D eigenvalue weighted by Crippen LogP contribution is -2.35. The zero-order valence-electron chi connectivity index (χ0n) is 30.5. The van der Waals surface area contributed by atoms with Gasteiger partial charge in [0.15, 0.2) is 22.2 Å². The molecule has 0 radical (unpaired) electrons. The third-order valence-corrected chi connectivity index (χ3v) is 10.3. The van der Waals surface area contributed by atoms with Gasteiger partial charge in [-0.05, 0) is 98.8 Å². The lowest BCUT2D eigenvalue weighted by Gasteiger charge is -2.24. The highest BCUT2D eigenvalue weighted by molar-refractivity contribution is 5.91. The van der Waals surface area contributed by atoms with E-state index < -0.39 is 0 Å². The molecule has 8 heteroatoms. The number of imidazole rings is 1. The van der Waals surface area contributed by atoms with Crippen LogP contribution in [0.5, 0.6) is 0 Å². The van der Waals surface area contributed by atoms with Gasteiger partial charge < -0.3 is 13.7 Å². The number of rotatable bonds is 8. The van der Waals surface area contributed by atoms with Crippen molar-refractivity contribution in [2.75, 3.05) is 16.3 Å². The van der Waals surface area contributed by atoms with Crippen molar-refractivity contribution in [3.8, 4) is 28.6 Å². The predicted octanol–water partition coefficient (Wildman–Crippen LogP) is 11.1. The fourth-order valence-electron chi connectivity index (χ4n) is 7.76. The van der Waals surface area contributed by atoms with Crippen molar-refractivity contribution in [2.24, 2.45) is 0 Å². The van der Waals surface area contributed by atoms with Crippen molar-refractivity contribution in [1.82, 2.24) is 14.5 Å². The number of allylic oxidation sites excluding steroid dienone is 2. The topological polar surface area (TPSA) is 67.4 Å². The normalized spacial score (nSPS) is 13.7. The van der Waals surface area contributed by atoms with E-state index in [1.165, 1.54) is 0 Å². The summed E-state index contributed by atoms with van der Waals surface area (Å²) < 4.78 is 17.1. The molecule has 0 saturated carbocycles. The Bertz CT molecular complexity index is 2850. The van der Waals surface area contributed by atoms with Gasteiger partial charge in [0.25, 0.3) is 5.82 Å². The molecule has 3 aromatic heterocycles. The van der Waals surface area contributed by atoms with Gasteiger partial charge in [-0.2, -0.15) is 4.57 Å². The minimum absolute atomic E-state index is 0.612. The first-order chi connectivity index (χ1) is 27.2. The minimum Gasteiger partial charge on any atom is -0.436 e. The number of hydrogen-bond acceptors (Lipinski definition) is 6. The molecule has 0 aliphatic carbocycles. The Morgan fingerprint density at radius 2 is 1.22 bits per heavy atom. The average molecular weight is 718 g/mol. The highest BCUT2D eigenvalue weighted by atomic mass is 16.4. The van der Waals surface area contributed by atoms with Crippen LogP contribution in [0.25, 0.3) is 67.9 Å². The Kier molecular flexibility index (Phi) is 7.87. The van der Waals surface area contributed by atoms with Gasteiger partial charge in [-0.1, -0.05) is 66.7 Å². The second-order valence-corrected chi connectivity index (χ2v) is 13.5. The van der Waals surface area contributed by atoms with Crippen LogP contribution >= 0.6 is 0 Å². The van der Waals surface area contributed by atoms with Crippen LogP contribution in [0.4, 0.5) is 17.1 Å². The van der Waals surface area contributed by atoms with Gasteiger partial charge in [0.2, 0.25) is 11.8 Å². The van der Waals surface area contributed by atoms with Crippen molar-refractivity contribution in [3.05, 3.63) is 169 Å². The number of aryl methyl sites for hydroxylation is 1. The van der Waals surface area contributed by atoms with Crippen molar-refractivity contribution >= 4 is 56.4 Å². The van der Waals surface area contributed by atoms with E-state index in [4.69, 9.17) is 18.8 Å². The second-order valence-electron chi connectivity index (χ2n) is 13.5. The van der Waals surface area contributed by atoms with Gasteiger partial charge in [-0.15, -0.1) is 0 Å². The number of nitrogens with zero attached hydrogens (tertiary/aromatic N) is 6. The average Bonchev–Trinajstić information content (AvgIpc) is 4.01. The maximum atomic E-state index is 6.19. The van der Waals surface area contributed by atoms with Gasteiger partial charge in [-0.3, -0.25) is 4.90 Å². The summed E-state index contributed by atoms with van der Waals surface area (Å²) in [5.74, 6) is 3.33. The molecule has 0 spiro atoms. The Morgan fingerprint density at radius 3 is 1.85 bits per heavy atom. The van der Waals surface area contributed by atoms with Gasteiger partial charge >= 0.3 is 0 Å². The maximum absolute atomic E-state index is 6.19. The maximum Gasteiger partial charge on any atom is 0.287 e. The zero-order valence-corrected chi connectivity index (χ0v) is 30.5. The minimum atomic E-state index is 0.612. The summed E-state index contributed by atoms with van der Waals surface area (Å²) in [6.07, 6.45) is 6.60. The number of anilines is 3. The monoisotopic (exact) mass is 717 g/mol. The summed E-state index contributed by atoms with van der Waals surface area (Å²) >= 11 is 0. The van der Waals surface area contributed by atoms with Gasteiger partial charge in [0, 0.05) is 35.5 Å². The lowest BCUT2D eigenvalue weighted by molar-refractivity contribution is -0.670. The highest BCUT2D eigenvalue weighted by Gasteiger charge is 2.32. The number of aromatic nitrogens is 4. The van der Waals surface area contributed by atoms with Crippen LogP contribution in [0.1, 0.15) is 19.7 Å². The third kappa shape index (κ3) is 5.49. The second kappa shape index (κ2) is 13.3. The van der Waals surface area contributed by atoms with Gasteiger partial charge in [0.1, 0.15) is 22.5 Å². The fourth-order valence-corrected chi connectivity index (χ4v) is 7.76. The van der Waals surface area contributed by atoms with E-state index in [1.54, 1.807) is 0 Å². The number of para-hydroxylation sites is 6. The molecule has 0 atom stereocenters. The molecule has 0 unspecified atom stereocenters. The van der Waals surface area contributed by atoms with E-state index >= 15 is 0 Å². The number of benzene rings is 6. The van der Waals surface area contributed by atoms with Gasteiger partial charge in [0.05, 0.1) is 17.9 Å². The van der Waals surface area contributed by atoms with Crippen LogP contribution in [0.15, 0.2) is 172 Å². The molecule has 1 aliphatic heterocycles. The van der Waals surface area contributed by atoms with E-state index in [0.717, 1.165) is 91.8 Å². The van der Waals surface area contributed by atoms with Crippen molar-refractivity contribution in [3.63, 3.8) is 0 Å². The quantitative estimate of drug-likeness (QED) is 0.146. The van der Waals surface area contributed by atoms with Crippen molar-refractivity contribution in [1.29, 1.82) is 0 Å². The number of oxazole rings is 2. The SMILES string of the molecule is CCN1/C(=C/C=C\c2n(-c3ccccc3)c3ccc(-c4nc5ccccc5o4)cc3[n+]2CC)N(c2ccccc2)c2ccc(-c3nc4ccccc4o3)cc21. The molecule has 0 amide bonds. The van der Waals surface area contributed by atoms with Crippen LogP contribution < -0.4 is 14.4 Å². The Hall–Kier alpha value is -7.19. The standard InChI is InChI=1S/C47H37N6O2/c1-3-50-40-30-32(46-48-36-20-11-13-22-42(36)54-46)26-28-38(40)52(34-16-7-5-8-17-34)44(50)24-15-25-45-51(4-2)41-31-33(47-49-37-21-12-14-23-43(37)55-47)27-29-39(41)53(45)35-18-9-6-10-19-35/h5-31H,3-4H2,1-2H3/q+1. The molecular formula is C47H37N6O2+. The predicted molar refractivity (Wildman–Crippen MR) is 220 cm³/mol. The first-order valence-corrected chi connectivity index (χ1v) is 18.7. The molecule has 55 heavy (non-hydrogen) atoms. The van der Waals surface area contributed by atoms with Gasteiger partial charge in [-0.25, -0.2) is 14.5 Å². The van der Waals surface area contributed by atoms with E-state index in [0.29, 0.717) is 11.8 Å². The fraction of sp³-hybridized carbons (Fsp3) is 0.0851.